The Kier molecular flexibility index (Phi) is 4.23. The van der Waals surface area contributed by atoms with E-state index < -0.39 is 11.7 Å². The predicted octanol–water partition coefficient (Wildman–Crippen LogP) is 1.10. The number of hydrogen-bond donors (Lipinski definition) is 2. The molecule has 2 aliphatic rings. The summed E-state index contributed by atoms with van der Waals surface area (Å²) in [5, 5.41) is 17.4. The molecule has 6 nitrogen and oxygen atoms in total. The molecule has 2 atom stereocenters. The van der Waals surface area contributed by atoms with Gasteiger partial charge in [-0.25, -0.2) is 0 Å². The number of ether oxygens (including phenoxy) is 1. The zero-order valence-corrected chi connectivity index (χ0v) is 13.4. The highest BCUT2D eigenvalue weighted by Gasteiger charge is 2.47. The molecule has 2 fully saturated rings. The number of aryl methyl sites for hydroxylation is 2. The highest BCUT2D eigenvalue weighted by atomic mass is 16.5. The first-order valence-corrected chi connectivity index (χ1v) is 8.12. The van der Waals surface area contributed by atoms with Crippen molar-refractivity contribution < 1.29 is 14.6 Å². The molecule has 122 valence electrons. The third-order valence-corrected chi connectivity index (χ3v) is 5.09. The average Bonchev–Trinajstić information content (AvgIpc) is 3.09. The van der Waals surface area contributed by atoms with Crippen LogP contribution >= 0.6 is 0 Å². The van der Waals surface area contributed by atoms with Gasteiger partial charge in [0.25, 0.3) is 0 Å². The second-order valence-electron chi connectivity index (χ2n) is 6.55. The number of carbonyl (C=O) groups excluding carboxylic acids is 1. The fourth-order valence-electron chi connectivity index (χ4n) is 3.70. The first kappa shape index (κ1) is 15.5. The van der Waals surface area contributed by atoms with Crippen molar-refractivity contribution in [3.63, 3.8) is 0 Å². The lowest BCUT2D eigenvalue weighted by Crippen LogP contribution is -2.57. The van der Waals surface area contributed by atoms with Crippen molar-refractivity contribution in [3.05, 3.63) is 17.0 Å². The Bertz CT molecular complexity index is 529. The van der Waals surface area contributed by atoms with E-state index >= 15 is 0 Å². The van der Waals surface area contributed by atoms with Crippen molar-refractivity contribution in [3.8, 4) is 0 Å². The monoisotopic (exact) mass is 307 g/mol. The van der Waals surface area contributed by atoms with Gasteiger partial charge in [0, 0.05) is 25.3 Å². The number of aliphatic hydroxyl groups is 1. The number of aliphatic hydroxyl groups excluding tert-OH is 1. The Morgan fingerprint density at radius 1 is 1.55 bits per heavy atom. The van der Waals surface area contributed by atoms with Crippen molar-refractivity contribution in [2.45, 2.75) is 57.7 Å². The van der Waals surface area contributed by atoms with Crippen LogP contribution in [0.3, 0.4) is 0 Å². The van der Waals surface area contributed by atoms with Crippen molar-refractivity contribution in [1.82, 2.24) is 15.1 Å². The normalized spacial score (nSPS) is 28.5. The zero-order chi connectivity index (χ0) is 15.7. The minimum atomic E-state index is -0.518. The number of carbonyl (C=O) groups is 1. The lowest BCUT2D eigenvalue weighted by atomic mass is 9.87. The van der Waals surface area contributed by atoms with E-state index in [0.29, 0.717) is 39.0 Å². The first-order chi connectivity index (χ1) is 10.5. The smallest absolute Gasteiger partial charge is 0.223 e. The van der Waals surface area contributed by atoms with Crippen LogP contribution in [0.1, 0.15) is 42.6 Å². The van der Waals surface area contributed by atoms with Crippen molar-refractivity contribution in [2.24, 2.45) is 0 Å². The third kappa shape index (κ3) is 2.77. The minimum Gasteiger partial charge on any atom is -0.390 e. The fourth-order valence-corrected chi connectivity index (χ4v) is 3.70. The molecule has 6 heteroatoms. The second kappa shape index (κ2) is 6.01. The number of H-pyrrole nitrogens is 1. The van der Waals surface area contributed by atoms with Crippen LogP contribution in [-0.4, -0.2) is 57.5 Å². The molecule has 22 heavy (non-hydrogen) atoms. The molecule has 2 aliphatic heterocycles. The highest BCUT2D eigenvalue weighted by molar-refractivity contribution is 5.76. The van der Waals surface area contributed by atoms with E-state index in [2.05, 4.69) is 10.2 Å². The minimum absolute atomic E-state index is 0.141. The van der Waals surface area contributed by atoms with Gasteiger partial charge in [-0.1, -0.05) is 0 Å². The number of nitrogens with zero attached hydrogens (tertiary/aromatic N) is 2. The van der Waals surface area contributed by atoms with E-state index in [-0.39, 0.29) is 5.91 Å². The number of likely N-dealkylation sites (tertiary alicyclic amines) is 1. The Morgan fingerprint density at radius 3 is 3.00 bits per heavy atom. The van der Waals surface area contributed by atoms with Gasteiger partial charge in [0.15, 0.2) is 0 Å². The van der Waals surface area contributed by atoms with Crippen molar-refractivity contribution >= 4 is 5.91 Å². The topological polar surface area (TPSA) is 78.5 Å². The molecule has 0 radical (unpaired) electrons. The average molecular weight is 307 g/mol. The molecule has 0 bridgehead atoms. The largest absolute Gasteiger partial charge is 0.390 e. The van der Waals surface area contributed by atoms with Crippen LogP contribution in [0.15, 0.2) is 0 Å². The summed E-state index contributed by atoms with van der Waals surface area (Å²) in [6.07, 6.45) is 3.16. The summed E-state index contributed by atoms with van der Waals surface area (Å²) < 4.78 is 5.80. The fraction of sp³-hybridized carbons (Fsp3) is 0.750. The number of aromatic nitrogens is 2. The molecule has 0 aromatic carbocycles. The van der Waals surface area contributed by atoms with Gasteiger partial charge in [-0.2, -0.15) is 5.10 Å². The highest BCUT2D eigenvalue weighted by Crippen LogP contribution is 2.35. The standard InChI is InChI=1S/C16H25N3O3/c1-11-13(12(2)18-17-11)4-5-15(21)19-8-6-14(20)16(10-19)7-3-9-22-16/h14,20H,3-10H2,1-2H3,(H,17,18)/t14-,16-/m0/s1. The van der Waals surface area contributed by atoms with Crippen LogP contribution in [0.2, 0.25) is 0 Å². The van der Waals surface area contributed by atoms with Gasteiger partial charge in [-0.3, -0.25) is 9.89 Å². The van der Waals surface area contributed by atoms with Crippen LogP contribution in [-0.2, 0) is 16.0 Å². The predicted molar refractivity (Wildman–Crippen MR) is 81.5 cm³/mol. The van der Waals surface area contributed by atoms with Gasteiger partial charge in [0.1, 0.15) is 5.60 Å². The van der Waals surface area contributed by atoms with Gasteiger partial charge in [0.05, 0.1) is 18.3 Å². The van der Waals surface area contributed by atoms with Gasteiger partial charge >= 0.3 is 0 Å². The summed E-state index contributed by atoms with van der Waals surface area (Å²) in [7, 11) is 0. The molecule has 0 saturated carbocycles. The molecular weight excluding hydrogens is 282 g/mol. The maximum atomic E-state index is 12.5. The molecular formula is C16H25N3O3. The molecule has 2 N–H and O–H groups in total. The van der Waals surface area contributed by atoms with Crippen LogP contribution in [0.25, 0.3) is 0 Å². The number of piperidine rings is 1. The molecule has 1 aromatic rings. The molecule has 1 amide bonds. The number of hydrogen-bond acceptors (Lipinski definition) is 4. The summed E-state index contributed by atoms with van der Waals surface area (Å²) in [5.41, 5.74) is 2.62. The number of nitrogens with one attached hydrogen (secondary N) is 1. The van der Waals surface area contributed by atoms with Crippen LogP contribution in [0, 0.1) is 13.8 Å². The van der Waals surface area contributed by atoms with E-state index in [4.69, 9.17) is 4.74 Å². The molecule has 0 unspecified atom stereocenters. The van der Waals surface area contributed by atoms with E-state index in [0.717, 1.165) is 29.8 Å². The van der Waals surface area contributed by atoms with Gasteiger partial charge in [0.2, 0.25) is 5.91 Å². The SMILES string of the molecule is Cc1n[nH]c(C)c1CCC(=O)N1CC[C@H](O)[C@]2(CCCO2)C1. The third-order valence-electron chi connectivity index (χ3n) is 5.09. The van der Waals surface area contributed by atoms with Crippen LogP contribution in [0.4, 0.5) is 0 Å². The molecule has 1 aromatic heterocycles. The lowest BCUT2D eigenvalue weighted by molar-refractivity contribution is -0.154. The Balaban J connectivity index is 1.61. The van der Waals surface area contributed by atoms with Gasteiger partial charge in [-0.05, 0) is 45.1 Å². The zero-order valence-electron chi connectivity index (χ0n) is 13.4. The van der Waals surface area contributed by atoms with Gasteiger partial charge in [-0.15, -0.1) is 0 Å². The van der Waals surface area contributed by atoms with Crippen LogP contribution in [0.5, 0.6) is 0 Å². The quantitative estimate of drug-likeness (QED) is 0.876. The Morgan fingerprint density at radius 2 is 2.36 bits per heavy atom. The van der Waals surface area contributed by atoms with Gasteiger partial charge < -0.3 is 14.7 Å². The van der Waals surface area contributed by atoms with Crippen molar-refractivity contribution in [1.29, 1.82) is 0 Å². The number of rotatable bonds is 3. The summed E-state index contributed by atoms with van der Waals surface area (Å²) in [5.74, 6) is 0.141. The second-order valence-corrected chi connectivity index (χ2v) is 6.55. The summed E-state index contributed by atoms with van der Waals surface area (Å²) in [4.78, 5) is 14.4. The molecule has 3 rings (SSSR count). The summed E-state index contributed by atoms with van der Waals surface area (Å²) >= 11 is 0. The molecule has 3 heterocycles. The maximum Gasteiger partial charge on any atom is 0.223 e. The summed E-state index contributed by atoms with van der Waals surface area (Å²) in [6, 6.07) is 0. The molecule has 0 aliphatic carbocycles. The number of amides is 1. The molecule has 1 spiro atoms. The number of aromatic amines is 1. The first-order valence-electron chi connectivity index (χ1n) is 8.12. The Labute approximate surface area is 130 Å². The van der Waals surface area contributed by atoms with E-state index in [1.807, 2.05) is 18.7 Å². The molecule has 2 saturated heterocycles. The summed E-state index contributed by atoms with van der Waals surface area (Å²) in [6.45, 7) is 5.78. The van der Waals surface area contributed by atoms with E-state index in [1.54, 1.807) is 0 Å². The maximum absolute atomic E-state index is 12.5. The Hall–Kier alpha value is -1.40. The van der Waals surface area contributed by atoms with Crippen molar-refractivity contribution in [2.75, 3.05) is 19.7 Å². The van der Waals surface area contributed by atoms with E-state index in [9.17, 15) is 9.90 Å². The van der Waals surface area contributed by atoms with E-state index in [1.165, 1.54) is 0 Å². The lowest BCUT2D eigenvalue weighted by Gasteiger charge is -2.43. The van der Waals surface area contributed by atoms with Crippen LogP contribution < -0.4 is 0 Å².